The molecule has 0 saturated heterocycles. The normalized spacial score (nSPS) is 15.2. The maximum absolute atomic E-state index is 14.2. The fourth-order valence-corrected chi connectivity index (χ4v) is 4.74. The lowest BCUT2D eigenvalue weighted by atomic mass is 10.0. The van der Waals surface area contributed by atoms with Gasteiger partial charge in [0.25, 0.3) is 0 Å². The Labute approximate surface area is 213 Å². The number of nitrogens with zero attached hydrogens (tertiary/aromatic N) is 4. The highest BCUT2D eigenvalue weighted by molar-refractivity contribution is 6.02. The van der Waals surface area contributed by atoms with Crippen molar-refractivity contribution < 1.29 is 8.78 Å². The minimum Gasteiger partial charge on any atom is -0.341 e. The lowest BCUT2D eigenvalue weighted by Crippen LogP contribution is -2.27. The summed E-state index contributed by atoms with van der Waals surface area (Å²) in [7, 11) is 0. The van der Waals surface area contributed by atoms with E-state index >= 15 is 0 Å². The van der Waals surface area contributed by atoms with E-state index in [1.165, 1.54) is 43.9 Å². The molecular formula is C30H36F2N4. The minimum absolute atomic E-state index is 0.00675. The van der Waals surface area contributed by atoms with E-state index in [0.29, 0.717) is 12.1 Å². The highest BCUT2D eigenvalue weighted by Crippen LogP contribution is 2.33. The number of hydrogen-bond acceptors (Lipinski definition) is 4. The van der Waals surface area contributed by atoms with Crippen LogP contribution in [-0.2, 0) is 0 Å². The van der Waals surface area contributed by atoms with Crippen molar-refractivity contribution in [3.05, 3.63) is 77.6 Å². The molecule has 36 heavy (non-hydrogen) atoms. The summed E-state index contributed by atoms with van der Waals surface area (Å²) in [5.74, 6) is -0.305. The van der Waals surface area contributed by atoms with Crippen LogP contribution in [0.25, 0.3) is 11.1 Å². The van der Waals surface area contributed by atoms with Crippen LogP contribution < -0.4 is 4.90 Å². The molecule has 190 valence electrons. The van der Waals surface area contributed by atoms with Crippen LogP contribution in [0.3, 0.4) is 0 Å². The average Bonchev–Trinajstić information content (AvgIpc) is 3.38. The van der Waals surface area contributed by atoms with Crippen LogP contribution in [0.4, 0.5) is 14.7 Å². The summed E-state index contributed by atoms with van der Waals surface area (Å²) < 4.78 is 28.3. The first-order valence-corrected chi connectivity index (χ1v) is 13.3. The first-order valence-electron chi connectivity index (χ1n) is 13.3. The molecule has 2 aromatic carbocycles. The summed E-state index contributed by atoms with van der Waals surface area (Å²) in [5.41, 5.74) is 3.56. The third kappa shape index (κ3) is 6.34. The van der Waals surface area contributed by atoms with Gasteiger partial charge in [0.05, 0.1) is 11.6 Å². The lowest BCUT2D eigenvalue weighted by Gasteiger charge is -2.22. The number of aromatic nitrogens is 2. The molecule has 0 aliphatic carbocycles. The highest BCUT2D eigenvalue weighted by Gasteiger charge is 2.24. The van der Waals surface area contributed by atoms with Gasteiger partial charge in [-0.25, -0.2) is 18.7 Å². The van der Waals surface area contributed by atoms with E-state index in [9.17, 15) is 8.78 Å². The van der Waals surface area contributed by atoms with Gasteiger partial charge in [-0.1, -0.05) is 69.9 Å². The fraction of sp³-hybridized carbons (Fsp3) is 0.433. The van der Waals surface area contributed by atoms with Crippen molar-refractivity contribution in [2.24, 2.45) is 4.99 Å². The van der Waals surface area contributed by atoms with Crippen LogP contribution in [-0.4, -0.2) is 28.8 Å². The van der Waals surface area contributed by atoms with E-state index in [2.05, 4.69) is 23.7 Å². The summed E-state index contributed by atoms with van der Waals surface area (Å²) in [6.45, 7) is 6.43. The summed E-state index contributed by atoms with van der Waals surface area (Å²) in [6.07, 6.45) is 12.3. The Bertz CT molecular complexity index is 1110. The Balaban J connectivity index is 1.44. The molecule has 0 bridgehead atoms. The van der Waals surface area contributed by atoms with Gasteiger partial charge in [-0.05, 0) is 48.9 Å². The molecule has 2 heterocycles. The SMILES string of the molecule is CCCCCN(CCCCC)c1ncc(-c2ccc(C3CCC(c4c(F)cccc4F)=N3)cc2)cn1. The molecule has 0 amide bonds. The minimum atomic E-state index is -0.553. The topological polar surface area (TPSA) is 41.4 Å². The number of hydrogen-bond donors (Lipinski definition) is 0. The zero-order chi connectivity index (χ0) is 25.3. The second-order valence-corrected chi connectivity index (χ2v) is 9.52. The molecule has 6 heteroatoms. The summed E-state index contributed by atoms with van der Waals surface area (Å²) >= 11 is 0. The molecule has 0 radical (unpaired) electrons. The van der Waals surface area contributed by atoms with E-state index in [1.807, 2.05) is 36.7 Å². The molecule has 1 unspecified atom stereocenters. The first kappa shape index (κ1) is 25.9. The standard InChI is InChI=1S/C30H36F2N4/c1-3-5-7-18-36(19-8-6-4-2)30-33-20-24(21-34-30)22-12-14-23(15-13-22)27-16-17-28(35-27)29-25(31)10-9-11-26(29)32/h9-15,20-21,27H,3-8,16-19H2,1-2H3. The summed E-state index contributed by atoms with van der Waals surface area (Å²) in [6, 6.07) is 12.0. The molecule has 1 atom stereocenters. The number of unbranched alkanes of at least 4 members (excludes halogenated alkanes) is 4. The third-order valence-electron chi connectivity index (χ3n) is 6.83. The molecule has 1 aromatic heterocycles. The molecule has 0 spiro atoms. The molecule has 1 aliphatic heterocycles. The van der Waals surface area contributed by atoms with Gasteiger partial charge in [-0.3, -0.25) is 4.99 Å². The zero-order valence-electron chi connectivity index (χ0n) is 21.4. The molecule has 4 rings (SSSR count). The Kier molecular flexibility index (Phi) is 9.15. The Morgan fingerprint density at radius 3 is 2.00 bits per heavy atom. The van der Waals surface area contributed by atoms with Crippen molar-refractivity contribution in [2.75, 3.05) is 18.0 Å². The van der Waals surface area contributed by atoms with Crippen molar-refractivity contribution in [3.63, 3.8) is 0 Å². The second kappa shape index (κ2) is 12.7. The van der Waals surface area contributed by atoms with Crippen LogP contribution in [0.15, 0.2) is 59.9 Å². The van der Waals surface area contributed by atoms with Crippen LogP contribution in [0.5, 0.6) is 0 Å². The van der Waals surface area contributed by atoms with Crippen molar-refractivity contribution in [1.29, 1.82) is 0 Å². The van der Waals surface area contributed by atoms with Crippen LogP contribution >= 0.6 is 0 Å². The van der Waals surface area contributed by atoms with Crippen molar-refractivity contribution in [1.82, 2.24) is 9.97 Å². The predicted octanol–water partition coefficient (Wildman–Crippen LogP) is 7.93. The van der Waals surface area contributed by atoms with Crippen molar-refractivity contribution in [3.8, 4) is 11.1 Å². The second-order valence-electron chi connectivity index (χ2n) is 9.52. The Hall–Kier alpha value is -3.15. The van der Waals surface area contributed by atoms with Crippen molar-refractivity contribution in [2.45, 2.75) is 71.3 Å². The molecule has 0 N–H and O–H groups in total. The zero-order valence-corrected chi connectivity index (χ0v) is 21.4. The van der Waals surface area contributed by atoms with Gasteiger partial charge >= 0.3 is 0 Å². The third-order valence-corrected chi connectivity index (χ3v) is 6.83. The quantitative estimate of drug-likeness (QED) is 0.242. The van der Waals surface area contributed by atoms with E-state index in [-0.39, 0.29) is 11.6 Å². The van der Waals surface area contributed by atoms with Crippen LogP contribution in [0.1, 0.15) is 82.4 Å². The van der Waals surface area contributed by atoms with E-state index in [4.69, 9.17) is 9.97 Å². The van der Waals surface area contributed by atoms with Gasteiger partial charge in [-0.15, -0.1) is 0 Å². The largest absolute Gasteiger partial charge is 0.341 e. The molecule has 3 aromatic rings. The highest BCUT2D eigenvalue weighted by atomic mass is 19.1. The van der Waals surface area contributed by atoms with E-state index in [1.54, 1.807) is 0 Å². The fourth-order valence-electron chi connectivity index (χ4n) is 4.74. The Morgan fingerprint density at radius 1 is 0.806 bits per heavy atom. The molecular weight excluding hydrogens is 454 g/mol. The number of aliphatic imine (C=N–C) groups is 1. The van der Waals surface area contributed by atoms with Crippen molar-refractivity contribution >= 4 is 11.7 Å². The summed E-state index contributed by atoms with van der Waals surface area (Å²) in [4.78, 5) is 16.4. The molecule has 4 nitrogen and oxygen atoms in total. The van der Waals surface area contributed by atoms with Gasteiger partial charge in [-0.2, -0.15) is 0 Å². The smallest absolute Gasteiger partial charge is 0.225 e. The maximum Gasteiger partial charge on any atom is 0.225 e. The average molecular weight is 491 g/mol. The van der Waals surface area contributed by atoms with Gasteiger partial charge in [0.1, 0.15) is 11.6 Å². The number of anilines is 1. The van der Waals surface area contributed by atoms with E-state index < -0.39 is 11.6 Å². The lowest BCUT2D eigenvalue weighted by molar-refractivity contribution is 0.578. The first-order chi connectivity index (χ1) is 17.6. The number of rotatable bonds is 12. The summed E-state index contributed by atoms with van der Waals surface area (Å²) in [5, 5.41) is 0. The monoisotopic (exact) mass is 490 g/mol. The van der Waals surface area contributed by atoms with Gasteiger partial charge in [0.2, 0.25) is 5.95 Å². The maximum atomic E-state index is 14.2. The number of benzene rings is 2. The van der Waals surface area contributed by atoms with Gasteiger partial charge in [0.15, 0.2) is 0 Å². The Morgan fingerprint density at radius 2 is 1.42 bits per heavy atom. The van der Waals surface area contributed by atoms with Gasteiger partial charge < -0.3 is 4.90 Å². The van der Waals surface area contributed by atoms with Crippen LogP contribution in [0, 0.1) is 11.6 Å². The predicted molar refractivity (Wildman–Crippen MR) is 144 cm³/mol. The van der Waals surface area contributed by atoms with Crippen LogP contribution in [0.2, 0.25) is 0 Å². The molecule has 1 aliphatic rings. The molecule has 0 fully saturated rings. The molecule has 0 saturated carbocycles. The van der Waals surface area contributed by atoms with Gasteiger partial charge in [0, 0.05) is 36.8 Å². The van der Waals surface area contributed by atoms with E-state index in [0.717, 1.165) is 55.0 Å². The number of halogens is 2.